The molecule has 1 N–H and O–H groups in total. The number of anilines is 1. The van der Waals surface area contributed by atoms with E-state index in [1.54, 1.807) is 36.4 Å². The van der Waals surface area contributed by atoms with Crippen LogP contribution in [0.4, 0.5) is 5.69 Å². The third-order valence-electron chi connectivity index (χ3n) is 7.11. The number of halogens is 3. The Labute approximate surface area is 286 Å². The molecule has 4 rings (SSSR count). The van der Waals surface area contributed by atoms with Crippen LogP contribution in [-0.4, -0.2) is 43.3 Å². The molecule has 242 valence electrons. The van der Waals surface area contributed by atoms with E-state index in [1.807, 2.05) is 58.0 Å². The lowest BCUT2D eigenvalue weighted by molar-refractivity contribution is -0.140. The first-order valence-corrected chi connectivity index (χ1v) is 17.2. The van der Waals surface area contributed by atoms with Crippen molar-refractivity contribution < 1.29 is 18.0 Å². The molecule has 0 saturated heterocycles. The number of amides is 2. The number of carbonyl (C=O) groups excluding carboxylic acids is 2. The second-order valence-corrected chi connectivity index (χ2v) is 15.1. The van der Waals surface area contributed by atoms with Gasteiger partial charge in [0.2, 0.25) is 11.8 Å². The molecule has 0 aliphatic carbocycles. The Bertz CT molecular complexity index is 1780. The van der Waals surface area contributed by atoms with Crippen molar-refractivity contribution in [2.24, 2.45) is 0 Å². The van der Waals surface area contributed by atoms with Crippen LogP contribution >= 0.6 is 34.8 Å². The average Bonchev–Trinajstić information content (AvgIpc) is 2.99. The average molecular weight is 701 g/mol. The van der Waals surface area contributed by atoms with E-state index in [-0.39, 0.29) is 39.5 Å². The molecule has 0 heterocycles. The van der Waals surface area contributed by atoms with Crippen LogP contribution in [-0.2, 0) is 32.6 Å². The summed E-state index contributed by atoms with van der Waals surface area (Å²) in [5.74, 6) is -0.970. The molecular formula is C35H36Cl3N3O4S. The van der Waals surface area contributed by atoms with Gasteiger partial charge in [0, 0.05) is 23.5 Å². The molecule has 4 aromatic carbocycles. The molecule has 0 bridgehead atoms. The van der Waals surface area contributed by atoms with Gasteiger partial charge < -0.3 is 10.2 Å². The van der Waals surface area contributed by atoms with E-state index in [1.165, 1.54) is 35.2 Å². The Hall–Kier alpha value is -3.56. The molecule has 1 unspecified atom stereocenters. The summed E-state index contributed by atoms with van der Waals surface area (Å²) >= 11 is 18.6. The lowest BCUT2D eigenvalue weighted by atomic mass is 10.0. The van der Waals surface area contributed by atoms with Crippen molar-refractivity contribution in [2.45, 2.75) is 57.1 Å². The van der Waals surface area contributed by atoms with Gasteiger partial charge in [-0.2, -0.15) is 0 Å². The number of carbonyl (C=O) groups is 2. The van der Waals surface area contributed by atoms with Gasteiger partial charge in [0.05, 0.1) is 20.6 Å². The van der Waals surface area contributed by atoms with Crippen LogP contribution in [0.1, 0.15) is 37.5 Å². The summed E-state index contributed by atoms with van der Waals surface area (Å²) in [5.41, 5.74) is 1.97. The van der Waals surface area contributed by atoms with Gasteiger partial charge >= 0.3 is 0 Å². The zero-order valence-electron chi connectivity index (χ0n) is 26.0. The number of aryl methyl sites for hydroxylation is 1. The van der Waals surface area contributed by atoms with Gasteiger partial charge in [0.1, 0.15) is 12.6 Å². The third kappa shape index (κ3) is 9.26. The van der Waals surface area contributed by atoms with Crippen molar-refractivity contribution in [3.63, 3.8) is 0 Å². The predicted molar refractivity (Wildman–Crippen MR) is 186 cm³/mol. The Morgan fingerprint density at radius 2 is 1.43 bits per heavy atom. The van der Waals surface area contributed by atoms with Gasteiger partial charge in [-0.1, -0.05) is 95.0 Å². The van der Waals surface area contributed by atoms with Crippen LogP contribution in [0.3, 0.4) is 0 Å². The maximum absolute atomic E-state index is 14.5. The van der Waals surface area contributed by atoms with Gasteiger partial charge in [0.15, 0.2) is 0 Å². The number of nitrogens with zero attached hydrogens (tertiary/aromatic N) is 2. The van der Waals surface area contributed by atoms with E-state index in [0.717, 1.165) is 15.4 Å². The van der Waals surface area contributed by atoms with E-state index in [2.05, 4.69) is 5.32 Å². The van der Waals surface area contributed by atoms with Gasteiger partial charge in [0.25, 0.3) is 10.0 Å². The van der Waals surface area contributed by atoms with Crippen molar-refractivity contribution in [3.05, 3.63) is 129 Å². The fourth-order valence-electron chi connectivity index (χ4n) is 4.80. The molecule has 0 radical (unpaired) electrons. The molecule has 4 aromatic rings. The molecule has 0 aromatic heterocycles. The van der Waals surface area contributed by atoms with Crippen molar-refractivity contribution in [1.82, 2.24) is 10.2 Å². The first kappa shape index (κ1) is 35.3. The van der Waals surface area contributed by atoms with E-state index in [4.69, 9.17) is 34.8 Å². The second-order valence-electron chi connectivity index (χ2n) is 12.0. The summed E-state index contributed by atoms with van der Waals surface area (Å²) in [6, 6.07) is 26.0. The normalized spacial score (nSPS) is 12.3. The molecule has 0 aliphatic heterocycles. The maximum atomic E-state index is 14.5. The maximum Gasteiger partial charge on any atom is 0.264 e. The summed E-state index contributed by atoms with van der Waals surface area (Å²) in [5, 5.41) is 3.89. The minimum atomic E-state index is -4.28. The molecule has 0 aliphatic rings. The summed E-state index contributed by atoms with van der Waals surface area (Å²) < 4.78 is 29.3. The zero-order chi connectivity index (χ0) is 33.6. The highest BCUT2D eigenvalue weighted by molar-refractivity contribution is 7.92. The van der Waals surface area contributed by atoms with Gasteiger partial charge in [-0.05, 0) is 81.3 Å². The number of hydrogen-bond acceptors (Lipinski definition) is 4. The largest absolute Gasteiger partial charge is 0.350 e. The minimum absolute atomic E-state index is 0.00691. The number of rotatable bonds is 11. The Morgan fingerprint density at radius 3 is 2.02 bits per heavy atom. The minimum Gasteiger partial charge on any atom is -0.350 e. The summed E-state index contributed by atoms with van der Waals surface area (Å²) in [6.07, 6.45) is 0.194. The van der Waals surface area contributed by atoms with E-state index >= 15 is 0 Å². The number of benzene rings is 4. The van der Waals surface area contributed by atoms with Crippen LogP contribution in [0.15, 0.2) is 102 Å². The fraction of sp³-hybridized carbons (Fsp3) is 0.257. The summed E-state index contributed by atoms with van der Waals surface area (Å²) in [6.45, 7) is 6.82. The molecule has 11 heteroatoms. The Balaban J connectivity index is 1.83. The third-order valence-corrected chi connectivity index (χ3v) is 9.89. The smallest absolute Gasteiger partial charge is 0.264 e. The molecule has 1 atom stereocenters. The molecule has 46 heavy (non-hydrogen) atoms. The highest BCUT2D eigenvalue weighted by Crippen LogP contribution is 2.31. The quantitative estimate of drug-likeness (QED) is 0.174. The standard InChI is InChI=1S/C35H36Cl3N3O4S/c1-24-10-17-29(18-11-24)46(44,45)41(28-16-19-30(37)31(38)21-28)23-33(42)40(22-26-12-14-27(36)15-13-26)32(34(43)39-35(2,3)4)20-25-8-6-5-7-9-25/h5-19,21,32H,20,22-23H2,1-4H3,(H,39,43). The van der Waals surface area contributed by atoms with E-state index in [0.29, 0.717) is 10.6 Å². The van der Waals surface area contributed by atoms with E-state index < -0.39 is 34.1 Å². The number of hydrogen-bond donors (Lipinski definition) is 1. The van der Waals surface area contributed by atoms with Crippen LogP contribution in [0, 0.1) is 6.92 Å². The highest BCUT2D eigenvalue weighted by Gasteiger charge is 2.35. The van der Waals surface area contributed by atoms with Gasteiger partial charge in [-0.3, -0.25) is 13.9 Å². The molecule has 0 spiro atoms. The zero-order valence-corrected chi connectivity index (χ0v) is 29.1. The SMILES string of the molecule is Cc1ccc(S(=O)(=O)N(CC(=O)N(Cc2ccc(Cl)cc2)C(Cc2ccccc2)C(=O)NC(C)(C)C)c2ccc(Cl)c(Cl)c2)cc1. The van der Waals surface area contributed by atoms with Crippen molar-refractivity contribution in [1.29, 1.82) is 0 Å². The highest BCUT2D eigenvalue weighted by atomic mass is 35.5. The molecule has 0 saturated carbocycles. The second kappa shape index (κ2) is 14.9. The van der Waals surface area contributed by atoms with Crippen molar-refractivity contribution >= 4 is 62.3 Å². The first-order chi connectivity index (χ1) is 21.6. The van der Waals surface area contributed by atoms with Crippen LogP contribution < -0.4 is 9.62 Å². The molecular weight excluding hydrogens is 665 g/mol. The fourth-order valence-corrected chi connectivity index (χ4v) is 6.62. The summed E-state index contributed by atoms with van der Waals surface area (Å²) in [4.78, 5) is 29.9. The Morgan fingerprint density at radius 1 is 0.804 bits per heavy atom. The van der Waals surface area contributed by atoms with Crippen molar-refractivity contribution in [2.75, 3.05) is 10.8 Å². The lowest BCUT2D eigenvalue weighted by Gasteiger charge is -2.35. The summed E-state index contributed by atoms with van der Waals surface area (Å²) in [7, 11) is -4.28. The van der Waals surface area contributed by atoms with Crippen LogP contribution in [0.2, 0.25) is 15.1 Å². The van der Waals surface area contributed by atoms with Crippen molar-refractivity contribution in [3.8, 4) is 0 Å². The monoisotopic (exact) mass is 699 g/mol. The topological polar surface area (TPSA) is 86.8 Å². The number of nitrogens with one attached hydrogen (secondary N) is 1. The van der Waals surface area contributed by atoms with Gasteiger partial charge in [-0.25, -0.2) is 8.42 Å². The predicted octanol–water partition coefficient (Wildman–Crippen LogP) is 7.71. The number of sulfonamides is 1. The van der Waals surface area contributed by atoms with Gasteiger partial charge in [-0.15, -0.1) is 0 Å². The Kier molecular flexibility index (Phi) is 11.4. The molecule has 2 amide bonds. The lowest BCUT2D eigenvalue weighted by Crippen LogP contribution is -2.56. The van der Waals surface area contributed by atoms with Crippen LogP contribution in [0.25, 0.3) is 0 Å². The molecule has 7 nitrogen and oxygen atoms in total. The molecule has 0 fully saturated rings. The van der Waals surface area contributed by atoms with E-state index in [9.17, 15) is 18.0 Å². The van der Waals surface area contributed by atoms with Crippen LogP contribution in [0.5, 0.6) is 0 Å². The first-order valence-electron chi connectivity index (χ1n) is 14.6.